The maximum Gasteiger partial charge on any atom is 0.257 e. The molecule has 1 aliphatic rings. The Balaban J connectivity index is 1.61. The third kappa shape index (κ3) is 5.77. The van der Waals surface area contributed by atoms with Crippen molar-refractivity contribution in [2.75, 3.05) is 25.0 Å². The summed E-state index contributed by atoms with van der Waals surface area (Å²) < 4.78 is 5.42. The molecular formula is C22H25N3O3S. The van der Waals surface area contributed by atoms with E-state index in [-0.39, 0.29) is 16.9 Å². The van der Waals surface area contributed by atoms with Gasteiger partial charge in [0.05, 0.1) is 6.61 Å². The summed E-state index contributed by atoms with van der Waals surface area (Å²) in [6.07, 6.45) is 3.27. The summed E-state index contributed by atoms with van der Waals surface area (Å²) >= 11 is 5.26. The Morgan fingerprint density at radius 3 is 2.52 bits per heavy atom. The van der Waals surface area contributed by atoms with E-state index in [1.165, 1.54) is 6.42 Å². The molecule has 6 nitrogen and oxygen atoms in total. The smallest absolute Gasteiger partial charge is 0.257 e. The lowest BCUT2D eigenvalue weighted by molar-refractivity contribution is 0.0724. The van der Waals surface area contributed by atoms with Crippen LogP contribution in [0.3, 0.4) is 0 Å². The molecule has 7 heteroatoms. The summed E-state index contributed by atoms with van der Waals surface area (Å²) in [7, 11) is 0. The number of amides is 2. The van der Waals surface area contributed by atoms with Crippen molar-refractivity contribution < 1.29 is 14.3 Å². The van der Waals surface area contributed by atoms with Crippen molar-refractivity contribution in [1.29, 1.82) is 0 Å². The third-order valence-corrected chi connectivity index (χ3v) is 4.85. The standard InChI is InChI=1S/C22H25N3O3S/c1-2-28-19-11-7-8-16(15-19)20(26)24-22(29)23-18-10-6-9-17(14-18)21(27)25-12-4-3-5-13-25/h6-11,14-15H,2-5,12-13H2,1H3,(H2,23,24,26,29). The predicted octanol–water partition coefficient (Wildman–Crippen LogP) is 3.84. The fraction of sp³-hybridized carbons (Fsp3) is 0.318. The van der Waals surface area contributed by atoms with E-state index in [4.69, 9.17) is 17.0 Å². The van der Waals surface area contributed by atoms with Crippen LogP contribution < -0.4 is 15.4 Å². The number of hydrogen-bond donors (Lipinski definition) is 2. The van der Waals surface area contributed by atoms with Gasteiger partial charge in [0.1, 0.15) is 5.75 Å². The Labute approximate surface area is 176 Å². The molecule has 1 heterocycles. The zero-order chi connectivity index (χ0) is 20.6. The lowest BCUT2D eigenvalue weighted by Gasteiger charge is -2.26. The van der Waals surface area contributed by atoms with Crippen LogP contribution in [-0.2, 0) is 0 Å². The molecule has 0 spiro atoms. The van der Waals surface area contributed by atoms with Gasteiger partial charge < -0.3 is 15.0 Å². The molecule has 2 aromatic rings. The number of carbonyl (C=O) groups excluding carboxylic acids is 2. The number of hydrogen-bond acceptors (Lipinski definition) is 4. The topological polar surface area (TPSA) is 70.7 Å². The second kappa shape index (κ2) is 10.0. The Morgan fingerprint density at radius 2 is 1.76 bits per heavy atom. The van der Waals surface area contributed by atoms with Crippen molar-refractivity contribution in [1.82, 2.24) is 10.2 Å². The van der Waals surface area contributed by atoms with Crippen LogP contribution in [-0.4, -0.2) is 41.5 Å². The molecule has 2 amide bonds. The predicted molar refractivity (Wildman–Crippen MR) is 117 cm³/mol. The zero-order valence-electron chi connectivity index (χ0n) is 16.4. The highest BCUT2D eigenvalue weighted by atomic mass is 32.1. The van der Waals surface area contributed by atoms with Crippen molar-refractivity contribution in [3.05, 3.63) is 59.7 Å². The molecule has 0 atom stereocenters. The summed E-state index contributed by atoms with van der Waals surface area (Å²) in [5.74, 6) is 0.323. The second-order valence-electron chi connectivity index (χ2n) is 6.80. The van der Waals surface area contributed by atoms with Gasteiger partial charge in [0, 0.05) is 29.9 Å². The van der Waals surface area contributed by atoms with E-state index < -0.39 is 0 Å². The normalized spacial score (nSPS) is 13.5. The van der Waals surface area contributed by atoms with Gasteiger partial charge in [-0.2, -0.15) is 0 Å². The van der Waals surface area contributed by atoms with E-state index in [9.17, 15) is 9.59 Å². The van der Waals surface area contributed by atoms with Crippen molar-refractivity contribution in [3.63, 3.8) is 0 Å². The van der Waals surface area contributed by atoms with Crippen molar-refractivity contribution >= 4 is 34.8 Å². The first-order chi connectivity index (χ1) is 14.1. The Bertz CT molecular complexity index is 894. The van der Waals surface area contributed by atoms with E-state index in [1.54, 1.807) is 48.5 Å². The number of likely N-dealkylation sites (tertiary alicyclic amines) is 1. The average molecular weight is 412 g/mol. The van der Waals surface area contributed by atoms with Crippen LogP contribution in [0.15, 0.2) is 48.5 Å². The van der Waals surface area contributed by atoms with Crippen molar-refractivity contribution in [3.8, 4) is 5.75 Å². The molecule has 3 rings (SSSR count). The number of nitrogens with one attached hydrogen (secondary N) is 2. The van der Waals surface area contributed by atoms with Crippen LogP contribution in [0.25, 0.3) is 0 Å². The van der Waals surface area contributed by atoms with Crippen LogP contribution in [0.1, 0.15) is 46.9 Å². The monoisotopic (exact) mass is 411 g/mol. The van der Waals surface area contributed by atoms with Crippen LogP contribution in [0.5, 0.6) is 5.75 Å². The number of piperidine rings is 1. The highest BCUT2D eigenvalue weighted by Crippen LogP contribution is 2.17. The Kier molecular flexibility index (Phi) is 7.19. The fourth-order valence-electron chi connectivity index (χ4n) is 3.24. The molecule has 0 saturated carbocycles. The van der Waals surface area contributed by atoms with Gasteiger partial charge >= 0.3 is 0 Å². The number of rotatable bonds is 5. The fourth-order valence-corrected chi connectivity index (χ4v) is 3.45. The molecule has 2 aromatic carbocycles. The summed E-state index contributed by atoms with van der Waals surface area (Å²) in [5, 5.41) is 5.80. The van der Waals surface area contributed by atoms with Crippen LogP contribution in [0.2, 0.25) is 0 Å². The highest BCUT2D eigenvalue weighted by molar-refractivity contribution is 7.80. The molecule has 2 N–H and O–H groups in total. The number of anilines is 1. The number of benzene rings is 2. The molecule has 1 fully saturated rings. The van der Waals surface area contributed by atoms with Crippen molar-refractivity contribution in [2.24, 2.45) is 0 Å². The van der Waals surface area contributed by atoms with Crippen molar-refractivity contribution in [2.45, 2.75) is 26.2 Å². The van der Waals surface area contributed by atoms with E-state index >= 15 is 0 Å². The molecule has 29 heavy (non-hydrogen) atoms. The summed E-state index contributed by atoms with van der Waals surface area (Å²) in [6.45, 7) is 4.00. The van der Waals surface area contributed by atoms with Crippen LogP contribution in [0, 0.1) is 0 Å². The quantitative estimate of drug-likeness (QED) is 0.732. The Hall–Kier alpha value is -2.93. The summed E-state index contributed by atoms with van der Waals surface area (Å²) in [6, 6.07) is 14.1. The highest BCUT2D eigenvalue weighted by Gasteiger charge is 2.18. The molecule has 0 bridgehead atoms. The molecule has 1 aliphatic heterocycles. The SMILES string of the molecule is CCOc1cccc(C(=O)NC(=S)Nc2cccc(C(=O)N3CCCCC3)c2)c1. The third-order valence-electron chi connectivity index (χ3n) is 4.64. The molecule has 0 aromatic heterocycles. The largest absolute Gasteiger partial charge is 0.494 e. The number of ether oxygens (including phenoxy) is 1. The molecule has 1 saturated heterocycles. The minimum atomic E-state index is -0.329. The minimum Gasteiger partial charge on any atom is -0.494 e. The first-order valence-corrected chi connectivity index (χ1v) is 10.2. The second-order valence-corrected chi connectivity index (χ2v) is 7.21. The van der Waals surface area contributed by atoms with Crippen LogP contribution in [0.4, 0.5) is 5.69 Å². The van der Waals surface area contributed by atoms with Gasteiger partial charge in [-0.1, -0.05) is 12.1 Å². The van der Waals surface area contributed by atoms with Gasteiger partial charge in [0.25, 0.3) is 11.8 Å². The maximum absolute atomic E-state index is 12.7. The summed E-state index contributed by atoms with van der Waals surface area (Å²) in [4.78, 5) is 27.0. The lowest BCUT2D eigenvalue weighted by Crippen LogP contribution is -2.36. The van der Waals surface area contributed by atoms with Gasteiger partial charge in [0.15, 0.2) is 5.11 Å². The van der Waals surface area contributed by atoms with Crippen LogP contribution >= 0.6 is 12.2 Å². The van der Waals surface area contributed by atoms with E-state index in [2.05, 4.69) is 10.6 Å². The average Bonchev–Trinajstić information content (AvgIpc) is 2.74. The van der Waals surface area contributed by atoms with E-state index in [0.29, 0.717) is 29.2 Å². The first kappa shape index (κ1) is 20.8. The molecule has 0 radical (unpaired) electrons. The van der Waals surface area contributed by atoms with E-state index in [1.807, 2.05) is 11.8 Å². The lowest BCUT2D eigenvalue weighted by atomic mass is 10.1. The minimum absolute atomic E-state index is 0.0241. The zero-order valence-corrected chi connectivity index (χ0v) is 17.3. The van der Waals surface area contributed by atoms with Gasteiger partial charge in [-0.25, -0.2) is 0 Å². The number of carbonyl (C=O) groups is 2. The molecule has 0 aliphatic carbocycles. The van der Waals surface area contributed by atoms with Gasteiger partial charge in [-0.05, 0) is 74.8 Å². The Morgan fingerprint density at radius 1 is 1.03 bits per heavy atom. The van der Waals surface area contributed by atoms with E-state index in [0.717, 1.165) is 25.9 Å². The molecule has 152 valence electrons. The summed E-state index contributed by atoms with van der Waals surface area (Å²) in [5.41, 5.74) is 1.71. The van der Waals surface area contributed by atoms with Gasteiger partial charge in [-0.15, -0.1) is 0 Å². The van der Waals surface area contributed by atoms with Gasteiger partial charge in [0.2, 0.25) is 0 Å². The molecular weight excluding hydrogens is 386 g/mol. The maximum atomic E-state index is 12.7. The molecule has 0 unspecified atom stereocenters. The van der Waals surface area contributed by atoms with Gasteiger partial charge in [-0.3, -0.25) is 14.9 Å². The number of nitrogens with zero attached hydrogens (tertiary/aromatic N) is 1. The number of thiocarbonyl (C=S) groups is 1. The first-order valence-electron chi connectivity index (χ1n) is 9.81.